The molecule has 4 rings (SSSR count). The summed E-state index contributed by atoms with van der Waals surface area (Å²) in [7, 11) is 0. The molecule has 182 valence electrons. The number of fused-ring (bicyclic) bond motifs is 1. The number of ether oxygens (including phenoxy) is 2. The highest BCUT2D eigenvalue weighted by Crippen LogP contribution is 2.31. The quantitative estimate of drug-likeness (QED) is 0.461. The second-order valence-corrected chi connectivity index (χ2v) is 9.11. The first-order valence-corrected chi connectivity index (χ1v) is 12.4. The van der Waals surface area contributed by atoms with Crippen LogP contribution in [0.15, 0.2) is 48.5 Å². The van der Waals surface area contributed by atoms with E-state index in [1.165, 1.54) is 25.7 Å². The van der Waals surface area contributed by atoms with Crippen molar-refractivity contribution in [2.45, 2.75) is 52.2 Å². The van der Waals surface area contributed by atoms with E-state index in [4.69, 9.17) is 9.47 Å². The van der Waals surface area contributed by atoms with E-state index in [1.54, 1.807) is 0 Å². The van der Waals surface area contributed by atoms with Gasteiger partial charge in [0.25, 0.3) is 0 Å². The molecule has 0 saturated carbocycles. The molecule has 1 fully saturated rings. The number of aliphatic hydroxyl groups is 1. The summed E-state index contributed by atoms with van der Waals surface area (Å²) >= 11 is 0. The fourth-order valence-corrected chi connectivity index (χ4v) is 4.84. The van der Waals surface area contributed by atoms with Gasteiger partial charge in [0, 0.05) is 29.7 Å². The Morgan fingerprint density at radius 1 is 1.06 bits per heavy atom. The van der Waals surface area contributed by atoms with Crippen molar-refractivity contribution < 1.29 is 19.4 Å². The van der Waals surface area contributed by atoms with E-state index in [9.17, 15) is 9.90 Å². The van der Waals surface area contributed by atoms with E-state index in [2.05, 4.69) is 21.6 Å². The van der Waals surface area contributed by atoms with Crippen LogP contribution in [0.3, 0.4) is 0 Å². The Morgan fingerprint density at radius 2 is 1.79 bits per heavy atom. The van der Waals surface area contributed by atoms with Gasteiger partial charge in [0.15, 0.2) is 0 Å². The predicted octanol–water partition coefficient (Wildman–Crippen LogP) is 4.79. The largest absolute Gasteiger partial charge is 0.491 e. The molecule has 0 bridgehead atoms. The Hall–Kier alpha value is -2.83. The number of benzene rings is 2. The topological polar surface area (TPSA) is 63.9 Å². The fraction of sp³-hybridized carbons (Fsp3) is 0.464. The van der Waals surface area contributed by atoms with Gasteiger partial charge in [0.2, 0.25) is 0 Å². The monoisotopic (exact) mass is 464 g/mol. The number of rotatable bonds is 9. The number of hydrogen-bond donors (Lipinski definition) is 1. The molecular formula is C28H36N2O4. The number of β-amino-alcohol motifs (C(OH)–C–C–N with tert-alkyl or cyclic N) is 1. The third kappa shape index (κ3) is 5.80. The zero-order chi connectivity index (χ0) is 23.9. The summed E-state index contributed by atoms with van der Waals surface area (Å²) in [6.07, 6.45) is 4.38. The van der Waals surface area contributed by atoms with Gasteiger partial charge in [-0.25, -0.2) is 4.79 Å². The number of nitrogens with zero attached hydrogens (tertiary/aromatic N) is 2. The molecule has 2 heterocycles. The standard InChI is InChI=1S/C28H36N2O4/c1-3-33-28(32)27-21(2)30(18-22-11-7-6-8-12-22)26-14-13-24(17-25(26)27)34-20-23(31)19-29-15-9-4-5-10-16-29/h6-8,11-14,17,23,31H,3-5,9-10,15-16,18-20H2,1-2H3/t23-/m0/s1. The SMILES string of the molecule is CCOC(=O)c1c(C)n(Cc2ccccc2)c2ccc(OC[C@@H](O)CN3CCCCCC3)cc12. The maximum atomic E-state index is 12.9. The number of likely N-dealkylation sites (tertiary alicyclic amines) is 1. The van der Waals surface area contributed by atoms with Crippen molar-refractivity contribution >= 4 is 16.9 Å². The molecule has 0 amide bonds. The molecule has 34 heavy (non-hydrogen) atoms. The molecule has 0 unspecified atom stereocenters. The van der Waals surface area contributed by atoms with Gasteiger partial charge in [0.1, 0.15) is 18.5 Å². The average molecular weight is 465 g/mol. The summed E-state index contributed by atoms with van der Waals surface area (Å²) in [6, 6.07) is 16.0. The van der Waals surface area contributed by atoms with Crippen molar-refractivity contribution in [1.29, 1.82) is 0 Å². The van der Waals surface area contributed by atoms with Crippen LogP contribution in [-0.4, -0.2) is 59.5 Å². The lowest BCUT2D eigenvalue weighted by molar-refractivity contribution is 0.0527. The molecule has 0 aliphatic carbocycles. The van der Waals surface area contributed by atoms with Crippen LogP contribution in [0.2, 0.25) is 0 Å². The lowest BCUT2D eigenvalue weighted by atomic mass is 10.1. The Morgan fingerprint density at radius 3 is 2.50 bits per heavy atom. The van der Waals surface area contributed by atoms with Gasteiger partial charge < -0.3 is 24.0 Å². The van der Waals surface area contributed by atoms with Crippen LogP contribution in [0.4, 0.5) is 0 Å². The van der Waals surface area contributed by atoms with Gasteiger partial charge in [-0.1, -0.05) is 43.2 Å². The van der Waals surface area contributed by atoms with Gasteiger partial charge in [0.05, 0.1) is 12.2 Å². The third-order valence-electron chi connectivity index (χ3n) is 6.57. The van der Waals surface area contributed by atoms with Crippen LogP contribution in [-0.2, 0) is 11.3 Å². The summed E-state index contributed by atoms with van der Waals surface area (Å²) in [5, 5.41) is 11.4. The number of aromatic nitrogens is 1. The predicted molar refractivity (Wildman–Crippen MR) is 135 cm³/mol. The molecule has 1 saturated heterocycles. The van der Waals surface area contributed by atoms with Crippen molar-refractivity contribution in [3.63, 3.8) is 0 Å². The molecule has 1 aliphatic heterocycles. The van der Waals surface area contributed by atoms with Crippen LogP contribution < -0.4 is 4.74 Å². The minimum atomic E-state index is -0.553. The molecule has 1 N–H and O–H groups in total. The number of carbonyl (C=O) groups excluding carboxylic acids is 1. The van der Waals surface area contributed by atoms with E-state index in [0.717, 1.165) is 35.2 Å². The van der Waals surface area contributed by atoms with Crippen molar-refractivity contribution in [3.05, 3.63) is 65.4 Å². The zero-order valence-electron chi connectivity index (χ0n) is 20.3. The number of carbonyl (C=O) groups is 1. The summed E-state index contributed by atoms with van der Waals surface area (Å²) < 4.78 is 13.5. The molecule has 3 aromatic rings. The lowest BCUT2D eigenvalue weighted by Gasteiger charge is -2.23. The summed E-state index contributed by atoms with van der Waals surface area (Å²) in [5.41, 5.74) is 3.57. The molecule has 2 aromatic carbocycles. The smallest absolute Gasteiger partial charge is 0.340 e. The molecule has 6 nitrogen and oxygen atoms in total. The molecule has 1 atom stereocenters. The maximum absolute atomic E-state index is 12.9. The highest BCUT2D eigenvalue weighted by Gasteiger charge is 2.22. The Labute approximate surface area is 202 Å². The van der Waals surface area contributed by atoms with Crippen molar-refractivity contribution in [1.82, 2.24) is 9.47 Å². The van der Waals surface area contributed by atoms with E-state index >= 15 is 0 Å². The van der Waals surface area contributed by atoms with Crippen molar-refractivity contribution in [2.24, 2.45) is 0 Å². The third-order valence-corrected chi connectivity index (χ3v) is 6.57. The number of esters is 1. The fourth-order valence-electron chi connectivity index (χ4n) is 4.84. The second-order valence-electron chi connectivity index (χ2n) is 9.11. The van der Waals surface area contributed by atoms with Crippen molar-refractivity contribution in [3.8, 4) is 5.75 Å². The first-order valence-electron chi connectivity index (χ1n) is 12.4. The Balaban J connectivity index is 1.55. The molecule has 1 aliphatic rings. The van der Waals surface area contributed by atoms with E-state index < -0.39 is 6.10 Å². The molecular weight excluding hydrogens is 428 g/mol. The van der Waals surface area contributed by atoms with Gasteiger partial charge in [-0.05, 0) is 63.5 Å². The van der Waals surface area contributed by atoms with Crippen LogP contribution >= 0.6 is 0 Å². The zero-order valence-corrected chi connectivity index (χ0v) is 20.3. The molecule has 6 heteroatoms. The summed E-state index contributed by atoms with van der Waals surface area (Å²) in [4.78, 5) is 15.2. The first-order chi connectivity index (χ1) is 16.6. The minimum absolute atomic E-state index is 0.223. The Kier molecular flexibility index (Phi) is 8.25. The Bertz CT molecular complexity index is 1080. The molecule has 0 radical (unpaired) electrons. The van der Waals surface area contributed by atoms with Gasteiger partial charge in [-0.2, -0.15) is 0 Å². The van der Waals surface area contributed by atoms with Crippen molar-refractivity contribution in [2.75, 3.05) is 32.8 Å². The van der Waals surface area contributed by atoms with Gasteiger partial charge in [-0.3, -0.25) is 0 Å². The van der Waals surface area contributed by atoms with Crippen LogP contribution in [0.25, 0.3) is 10.9 Å². The summed E-state index contributed by atoms with van der Waals surface area (Å²) in [6.45, 7) is 7.70. The lowest BCUT2D eigenvalue weighted by Crippen LogP contribution is -2.36. The van der Waals surface area contributed by atoms with Crippen LogP contribution in [0.1, 0.15) is 54.2 Å². The highest BCUT2D eigenvalue weighted by molar-refractivity contribution is 6.06. The van der Waals surface area contributed by atoms with E-state index in [0.29, 0.717) is 31.0 Å². The van der Waals surface area contributed by atoms with E-state index in [-0.39, 0.29) is 12.6 Å². The molecule has 0 spiro atoms. The number of aliphatic hydroxyl groups excluding tert-OH is 1. The first kappa shape index (κ1) is 24.3. The average Bonchev–Trinajstić information content (AvgIpc) is 2.97. The second kappa shape index (κ2) is 11.5. The minimum Gasteiger partial charge on any atom is -0.491 e. The van der Waals surface area contributed by atoms with Crippen LogP contribution in [0, 0.1) is 6.92 Å². The normalized spacial score (nSPS) is 15.7. The van der Waals surface area contributed by atoms with Crippen LogP contribution in [0.5, 0.6) is 5.75 Å². The van der Waals surface area contributed by atoms with Gasteiger partial charge in [-0.15, -0.1) is 0 Å². The molecule has 1 aromatic heterocycles. The maximum Gasteiger partial charge on any atom is 0.340 e. The summed E-state index contributed by atoms with van der Waals surface area (Å²) in [5.74, 6) is 0.319. The number of hydrogen-bond acceptors (Lipinski definition) is 5. The van der Waals surface area contributed by atoms with Gasteiger partial charge >= 0.3 is 5.97 Å². The van der Waals surface area contributed by atoms with E-state index in [1.807, 2.05) is 50.2 Å². The highest BCUT2D eigenvalue weighted by atomic mass is 16.5.